The first kappa shape index (κ1) is 14.3. The van der Waals surface area contributed by atoms with Crippen molar-refractivity contribution in [2.24, 2.45) is 0 Å². The Hall–Kier alpha value is -0.230. The molecule has 1 rings (SSSR count). The van der Waals surface area contributed by atoms with Crippen molar-refractivity contribution in [3.63, 3.8) is 0 Å². The molecule has 0 spiro atoms. The predicted molar refractivity (Wildman–Crippen MR) is 59.6 cm³/mol. The predicted octanol–water partition coefficient (Wildman–Crippen LogP) is 4.90. The minimum absolute atomic E-state index is 0.927. The van der Waals surface area contributed by atoms with Crippen molar-refractivity contribution in [2.75, 3.05) is 0 Å². The fraction of sp³-hybridized carbons (Fsp3) is 0.636. The molecule has 12 heavy (non-hydrogen) atoms. The van der Waals surface area contributed by atoms with Crippen LogP contribution in [0.1, 0.15) is 47.5 Å². The van der Waals surface area contributed by atoms with Crippen LogP contribution >= 0.6 is 11.6 Å². The maximum absolute atomic E-state index is 5.76. The molecule has 0 nitrogen and oxygen atoms in total. The summed E-state index contributed by atoms with van der Waals surface area (Å²) in [5.74, 6) is 0. The summed E-state index contributed by atoms with van der Waals surface area (Å²) in [7, 11) is 0. The van der Waals surface area contributed by atoms with E-state index >= 15 is 0 Å². The van der Waals surface area contributed by atoms with Crippen molar-refractivity contribution < 1.29 is 0 Å². The van der Waals surface area contributed by atoms with Crippen molar-refractivity contribution in [1.82, 2.24) is 0 Å². The van der Waals surface area contributed by atoms with Crippen LogP contribution in [0, 0.1) is 0 Å². The molecule has 0 heterocycles. The molecule has 0 aromatic heterocycles. The molecular weight excluding hydrogens is 168 g/mol. The third kappa shape index (κ3) is 6.48. The average Bonchev–Trinajstić information content (AvgIpc) is 2.17. The SMILES string of the molecule is CC.CC.CC1=C(Cl)C=CCC1. The third-order valence-corrected chi connectivity index (χ3v) is 1.81. The summed E-state index contributed by atoms with van der Waals surface area (Å²) in [6, 6.07) is 0. The lowest BCUT2D eigenvalue weighted by molar-refractivity contribution is 0.956. The fourth-order valence-electron chi connectivity index (χ4n) is 0.748. The van der Waals surface area contributed by atoms with Gasteiger partial charge in [0.15, 0.2) is 0 Å². The van der Waals surface area contributed by atoms with Crippen LogP contribution in [0.3, 0.4) is 0 Å². The molecule has 0 aromatic rings. The molecule has 1 aliphatic carbocycles. The summed E-state index contributed by atoms with van der Waals surface area (Å²) in [6.07, 6.45) is 6.37. The first-order valence-corrected chi connectivity index (χ1v) is 5.20. The van der Waals surface area contributed by atoms with Crippen LogP contribution in [0.15, 0.2) is 22.8 Å². The van der Waals surface area contributed by atoms with E-state index in [1.165, 1.54) is 5.57 Å². The zero-order valence-electron chi connectivity index (χ0n) is 8.95. The zero-order valence-corrected chi connectivity index (χ0v) is 9.70. The number of rotatable bonds is 0. The Morgan fingerprint density at radius 3 is 1.92 bits per heavy atom. The molecule has 0 amide bonds. The molecular formula is C11H21Cl. The molecule has 0 bridgehead atoms. The van der Waals surface area contributed by atoms with Crippen LogP contribution in [0.5, 0.6) is 0 Å². The molecule has 0 unspecified atom stereocenters. The van der Waals surface area contributed by atoms with Crippen molar-refractivity contribution in [2.45, 2.75) is 47.5 Å². The fourth-order valence-corrected chi connectivity index (χ4v) is 0.932. The molecule has 0 fully saturated rings. The molecule has 0 N–H and O–H groups in total. The van der Waals surface area contributed by atoms with Gasteiger partial charge in [0.25, 0.3) is 0 Å². The van der Waals surface area contributed by atoms with Gasteiger partial charge in [0.2, 0.25) is 0 Å². The molecule has 0 saturated heterocycles. The standard InChI is InChI=1S/C7H9Cl.2C2H6/c1-6-4-2-3-5-7(6)8;2*1-2/h3,5H,2,4H2,1H3;2*1-2H3. The van der Waals surface area contributed by atoms with Gasteiger partial charge in [0.05, 0.1) is 0 Å². The second kappa shape index (κ2) is 10.8. The summed E-state index contributed by atoms with van der Waals surface area (Å²) < 4.78 is 0. The smallest absolute Gasteiger partial charge is 0.0392 e. The van der Waals surface area contributed by atoms with Gasteiger partial charge in [-0.05, 0) is 25.8 Å². The maximum Gasteiger partial charge on any atom is 0.0392 e. The first-order valence-electron chi connectivity index (χ1n) is 4.82. The lowest BCUT2D eigenvalue weighted by Gasteiger charge is -2.04. The summed E-state index contributed by atoms with van der Waals surface area (Å²) in [5.41, 5.74) is 1.31. The normalized spacial score (nSPS) is 14.2. The van der Waals surface area contributed by atoms with E-state index in [1.807, 2.05) is 33.8 Å². The van der Waals surface area contributed by atoms with E-state index in [4.69, 9.17) is 11.6 Å². The lowest BCUT2D eigenvalue weighted by atomic mass is 10.1. The molecule has 0 saturated carbocycles. The Bertz CT molecular complexity index is 143. The van der Waals surface area contributed by atoms with Gasteiger partial charge < -0.3 is 0 Å². The van der Waals surface area contributed by atoms with Crippen molar-refractivity contribution in [3.05, 3.63) is 22.8 Å². The highest BCUT2D eigenvalue weighted by Gasteiger charge is 1.98. The van der Waals surface area contributed by atoms with Gasteiger partial charge in [-0.2, -0.15) is 0 Å². The van der Waals surface area contributed by atoms with E-state index in [0.717, 1.165) is 17.9 Å². The van der Waals surface area contributed by atoms with E-state index in [0.29, 0.717) is 0 Å². The minimum Gasteiger partial charge on any atom is -0.0844 e. The Morgan fingerprint density at radius 2 is 1.67 bits per heavy atom. The van der Waals surface area contributed by atoms with Crippen LogP contribution < -0.4 is 0 Å². The Morgan fingerprint density at radius 1 is 1.17 bits per heavy atom. The molecule has 1 heteroatoms. The first-order chi connectivity index (χ1) is 5.80. The maximum atomic E-state index is 5.76. The van der Waals surface area contributed by atoms with Gasteiger partial charge in [0, 0.05) is 5.03 Å². The Labute approximate surface area is 82.3 Å². The second-order valence-corrected chi connectivity index (χ2v) is 2.48. The summed E-state index contributed by atoms with van der Waals surface area (Å²) in [6.45, 7) is 10.1. The molecule has 0 aromatic carbocycles. The van der Waals surface area contributed by atoms with Crippen molar-refractivity contribution in [1.29, 1.82) is 0 Å². The van der Waals surface area contributed by atoms with Crippen LogP contribution in [-0.4, -0.2) is 0 Å². The van der Waals surface area contributed by atoms with Gasteiger partial charge in [-0.1, -0.05) is 50.9 Å². The van der Waals surface area contributed by atoms with Crippen LogP contribution in [0.4, 0.5) is 0 Å². The second-order valence-electron chi connectivity index (χ2n) is 2.07. The number of allylic oxidation sites excluding steroid dienone is 4. The van der Waals surface area contributed by atoms with E-state index < -0.39 is 0 Å². The highest BCUT2D eigenvalue weighted by Crippen LogP contribution is 2.20. The van der Waals surface area contributed by atoms with Gasteiger partial charge in [-0.25, -0.2) is 0 Å². The molecule has 0 atom stereocenters. The van der Waals surface area contributed by atoms with Crippen LogP contribution in [-0.2, 0) is 0 Å². The number of hydrogen-bond acceptors (Lipinski definition) is 0. The summed E-state index contributed by atoms with van der Waals surface area (Å²) in [4.78, 5) is 0. The zero-order chi connectivity index (χ0) is 9.98. The molecule has 0 aliphatic heterocycles. The van der Waals surface area contributed by atoms with Gasteiger partial charge in [0.1, 0.15) is 0 Å². The Kier molecular flexibility index (Phi) is 12.8. The summed E-state index contributed by atoms with van der Waals surface area (Å²) in [5, 5.41) is 0.927. The number of hydrogen-bond donors (Lipinski definition) is 0. The van der Waals surface area contributed by atoms with E-state index in [9.17, 15) is 0 Å². The summed E-state index contributed by atoms with van der Waals surface area (Å²) >= 11 is 5.76. The largest absolute Gasteiger partial charge is 0.0844 e. The minimum atomic E-state index is 0.927. The van der Waals surface area contributed by atoms with E-state index in [2.05, 4.69) is 13.0 Å². The van der Waals surface area contributed by atoms with Crippen molar-refractivity contribution >= 4 is 11.6 Å². The highest BCUT2D eigenvalue weighted by atomic mass is 35.5. The van der Waals surface area contributed by atoms with Crippen molar-refractivity contribution in [3.8, 4) is 0 Å². The lowest BCUT2D eigenvalue weighted by Crippen LogP contribution is -1.83. The van der Waals surface area contributed by atoms with E-state index in [-0.39, 0.29) is 0 Å². The highest BCUT2D eigenvalue weighted by molar-refractivity contribution is 6.31. The monoisotopic (exact) mass is 188 g/mol. The van der Waals surface area contributed by atoms with Gasteiger partial charge in [-0.15, -0.1) is 0 Å². The number of halogens is 1. The molecule has 0 radical (unpaired) electrons. The average molecular weight is 189 g/mol. The van der Waals surface area contributed by atoms with Crippen LogP contribution in [0.2, 0.25) is 0 Å². The molecule has 72 valence electrons. The topological polar surface area (TPSA) is 0 Å². The van der Waals surface area contributed by atoms with Gasteiger partial charge in [-0.3, -0.25) is 0 Å². The quantitative estimate of drug-likeness (QED) is 0.507. The van der Waals surface area contributed by atoms with Gasteiger partial charge >= 0.3 is 0 Å². The third-order valence-electron chi connectivity index (χ3n) is 1.36. The Balaban J connectivity index is 0. The van der Waals surface area contributed by atoms with Crippen LogP contribution in [0.25, 0.3) is 0 Å². The molecule has 1 aliphatic rings. The van der Waals surface area contributed by atoms with E-state index in [1.54, 1.807) is 0 Å².